The van der Waals surface area contributed by atoms with Crippen molar-refractivity contribution in [1.29, 1.82) is 0 Å². The molecule has 0 saturated carbocycles. The van der Waals surface area contributed by atoms with Gasteiger partial charge in [-0.1, -0.05) is 6.07 Å². The van der Waals surface area contributed by atoms with Crippen LogP contribution in [0.25, 0.3) is 0 Å². The Kier molecular flexibility index (Phi) is 7.89. The number of rotatable bonds is 4. The molecule has 0 unspecified atom stereocenters. The number of hydrogen-bond donors (Lipinski definition) is 1. The number of nitrogens with one attached hydrogen (secondary N) is 1. The van der Waals surface area contributed by atoms with Crippen molar-refractivity contribution in [1.82, 2.24) is 20.2 Å². The highest BCUT2D eigenvalue weighted by Gasteiger charge is 2.20. The van der Waals surface area contributed by atoms with E-state index >= 15 is 0 Å². The molecule has 0 amide bonds. The van der Waals surface area contributed by atoms with Gasteiger partial charge in [-0.3, -0.25) is 4.99 Å². The van der Waals surface area contributed by atoms with Gasteiger partial charge in [0.2, 0.25) is 0 Å². The molecule has 0 atom stereocenters. The fourth-order valence-electron chi connectivity index (χ4n) is 2.82. The Morgan fingerprint density at radius 3 is 2.64 bits per heavy atom. The van der Waals surface area contributed by atoms with E-state index < -0.39 is 0 Å². The van der Waals surface area contributed by atoms with Gasteiger partial charge in [-0.05, 0) is 19.1 Å². The van der Waals surface area contributed by atoms with Crippen molar-refractivity contribution in [3.63, 3.8) is 0 Å². The highest BCUT2D eigenvalue weighted by Crippen LogP contribution is 2.13. The van der Waals surface area contributed by atoms with Crippen LogP contribution in [0.3, 0.4) is 0 Å². The largest absolute Gasteiger partial charge is 0.356 e. The van der Waals surface area contributed by atoms with E-state index in [9.17, 15) is 0 Å². The van der Waals surface area contributed by atoms with Gasteiger partial charge in [-0.2, -0.15) is 0 Å². The monoisotopic (exact) mass is 472 g/mol. The molecule has 0 aromatic carbocycles. The normalized spacial score (nSPS) is 15.0. The molecular formula is C17H25IN6S. The van der Waals surface area contributed by atoms with Crippen LogP contribution in [0, 0.1) is 6.92 Å². The summed E-state index contributed by atoms with van der Waals surface area (Å²) < 4.78 is 0. The van der Waals surface area contributed by atoms with Crippen molar-refractivity contribution < 1.29 is 0 Å². The molecule has 0 radical (unpaired) electrons. The van der Waals surface area contributed by atoms with Crippen LogP contribution in [-0.4, -0.2) is 60.6 Å². The van der Waals surface area contributed by atoms with E-state index in [-0.39, 0.29) is 24.0 Å². The third-order valence-corrected chi connectivity index (χ3v) is 5.03. The van der Waals surface area contributed by atoms with Crippen molar-refractivity contribution in [2.75, 3.05) is 44.7 Å². The Balaban J connectivity index is 0.00000225. The summed E-state index contributed by atoms with van der Waals surface area (Å²) in [5.74, 6) is 2.03. The standard InChI is InChI=1S/C17H24N6S.HI/c1-14-13-21-16(24-14)6-8-20-17(18-2)23-11-9-22(10-12-23)15-5-3-4-7-19-15;/h3-5,7,13H,6,8-12H2,1-2H3,(H,18,20);1H. The number of hydrogen-bond acceptors (Lipinski definition) is 5. The first-order valence-corrected chi connectivity index (χ1v) is 9.11. The van der Waals surface area contributed by atoms with Crippen molar-refractivity contribution >= 4 is 47.1 Å². The molecule has 8 heteroatoms. The van der Waals surface area contributed by atoms with Gasteiger partial charge >= 0.3 is 0 Å². The number of thiazole rings is 1. The summed E-state index contributed by atoms with van der Waals surface area (Å²) in [6, 6.07) is 6.06. The highest BCUT2D eigenvalue weighted by molar-refractivity contribution is 14.0. The maximum absolute atomic E-state index is 4.43. The second-order valence-corrected chi connectivity index (χ2v) is 7.07. The van der Waals surface area contributed by atoms with E-state index in [0.717, 1.165) is 50.9 Å². The van der Waals surface area contributed by atoms with Gasteiger partial charge in [0.15, 0.2) is 5.96 Å². The second-order valence-electron chi connectivity index (χ2n) is 5.75. The average Bonchev–Trinajstić information content (AvgIpc) is 3.05. The molecule has 6 nitrogen and oxygen atoms in total. The summed E-state index contributed by atoms with van der Waals surface area (Å²) in [6.45, 7) is 6.78. The first kappa shape index (κ1) is 19.9. The SMILES string of the molecule is CN=C(NCCc1ncc(C)s1)N1CCN(c2ccccn2)CC1.I. The lowest BCUT2D eigenvalue weighted by Crippen LogP contribution is -2.53. The van der Waals surface area contributed by atoms with Gasteiger partial charge in [-0.15, -0.1) is 35.3 Å². The minimum atomic E-state index is 0. The molecule has 0 bridgehead atoms. The first-order chi connectivity index (χ1) is 11.8. The molecular weight excluding hydrogens is 447 g/mol. The lowest BCUT2D eigenvalue weighted by molar-refractivity contribution is 0.372. The van der Waals surface area contributed by atoms with E-state index in [1.54, 1.807) is 11.3 Å². The molecule has 1 aliphatic heterocycles. The zero-order valence-electron chi connectivity index (χ0n) is 14.7. The van der Waals surface area contributed by atoms with Crippen LogP contribution >= 0.6 is 35.3 Å². The lowest BCUT2D eigenvalue weighted by Gasteiger charge is -2.37. The zero-order valence-corrected chi connectivity index (χ0v) is 17.8. The summed E-state index contributed by atoms with van der Waals surface area (Å²) in [5.41, 5.74) is 0. The maximum Gasteiger partial charge on any atom is 0.193 e. The molecule has 0 aliphatic carbocycles. The van der Waals surface area contributed by atoms with Gasteiger partial charge < -0.3 is 15.1 Å². The molecule has 3 heterocycles. The first-order valence-electron chi connectivity index (χ1n) is 8.29. The Labute approximate surface area is 170 Å². The average molecular weight is 472 g/mol. The van der Waals surface area contributed by atoms with Gasteiger partial charge in [-0.25, -0.2) is 9.97 Å². The number of aromatic nitrogens is 2. The van der Waals surface area contributed by atoms with E-state index in [0.29, 0.717) is 0 Å². The zero-order chi connectivity index (χ0) is 16.8. The predicted molar refractivity (Wildman–Crippen MR) is 115 cm³/mol. The Morgan fingerprint density at radius 2 is 2.04 bits per heavy atom. The fraction of sp³-hybridized carbons (Fsp3) is 0.471. The van der Waals surface area contributed by atoms with E-state index in [4.69, 9.17) is 0 Å². The van der Waals surface area contributed by atoms with Crippen molar-refractivity contribution in [3.05, 3.63) is 40.5 Å². The van der Waals surface area contributed by atoms with Crippen LogP contribution in [0.5, 0.6) is 0 Å². The smallest absolute Gasteiger partial charge is 0.193 e. The predicted octanol–water partition coefficient (Wildman–Crippen LogP) is 2.40. The van der Waals surface area contributed by atoms with Crippen LogP contribution < -0.4 is 10.2 Å². The fourth-order valence-corrected chi connectivity index (χ4v) is 3.61. The third kappa shape index (κ3) is 5.53. The topological polar surface area (TPSA) is 56.7 Å². The van der Waals surface area contributed by atoms with Crippen LogP contribution in [0.15, 0.2) is 35.6 Å². The summed E-state index contributed by atoms with van der Waals surface area (Å²) >= 11 is 1.76. The van der Waals surface area contributed by atoms with Crippen LogP contribution in [0.4, 0.5) is 5.82 Å². The molecule has 3 rings (SSSR count). The van der Waals surface area contributed by atoms with Crippen LogP contribution in [0.1, 0.15) is 9.88 Å². The molecule has 2 aromatic rings. The summed E-state index contributed by atoms with van der Waals surface area (Å²) in [5, 5.41) is 4.64. The number of anilines is 1. The third-order valence-electron chi connectivity index (χ3n) is 4.06. The van der Waals surface area contributed by atoms with Crippen LogP contribution in [-0.2, 0) is 6.42 Å². The van der Waals surface area contributed by atoms with Crippen LogP contribution in [0.2, 0.25) is 0 Å². The molecule has 0 spiro atoms. The number of aryl methyl sites for hydroxylation is 1. The van der Waals surface area contributed by atoms with Gasteiger partial charge in [0, 0.05) is 63.5 Å². The number of pyridine rings is 1. The molecule has 136 valence electrons. The number of aliphatic imine (C=N–C) groups is 1. The highest BCUT2D eigenvalue weighted by atomic mass is 127. The Hall–Kier alpha value is -1.42. The minimum Gasteiger partial charge on any atom is -0.356 e. The van der Waals surface area contributed by atoms with Crippen molar-refractivity contribution in [2.45, 2.75) is 13.3 Å². The maximum atomic E-state index is 4.43. The summed E-state index contributed by atoms with van der Waals surface area (Å²) in [6.07, 6.45) is 4.72. The van der Waals surface area contributed by atoms with Crippen molar-refractivity contribution in [2.24, 2.45) is 4.99 Å². The number of guanidine groups is 1. The van der Waals surface area contributed by atoms with E-state index in [2.05, 4.69) is 43.1 Å². The summed E-state index contributed by atoms with van der Waals surface area (Å²) in [4.78, 5) is 19.2. The van der Waals surface area contributed by atoms with E-state index in [1.807, 2.05) is 31.6 Å². The number of halogens is 1. The molecule has 1 N–H and O–H groups in total. The Morgan fingerprint density at radius 1 is 1.24 bits per heavy atom. The Bertz CT molecular complexity index is 667. The van der Waals surface area contributed by atoms with Gasteiger partial charge in [0.25, 0.3) is 0 Å². The van der Waals surface area contributed by atoms with E-state index in [1.165, 1.54) is 9.88 Å². The molecule has 25 heavy (non-hydrogen) atoms. The number of piperazine rings is 1. The van der Waals surface area contributed by atoms with Crippen molar-refractivity contribution in [3.8, 4) is 0 Å². The molecule has 1 fully saturated rings. The molecule has 2 aromatic heterocycles. The quantitative estimate of drug-likeness (QED) is 0.421. The molecule has 1 aliphatic rings. The minimum absolute atomic E-state index is 0. The summed E-state index contributed by atoms with van der Waals surface area (Å²) in [7, 11) is 1.85. The molecule has 1 saturated heterocycles. The van der Waals surface area contributed by atoms with Gasteiger partial charge in [0.05, 0.1) is 5.01 Å². The lowest BCUT2D eigenvalue weighted by atomic mass is 10.3. The van der Waals surface area contributed by atoms with Gasteiger partial charge in [0.1, 0.15) is 5.82 Å². The number of nitrogens with zero attached hydrogens (tertiary/aromatic N) is 5. The second kappa shape index (κ2) is 9.91.